The third-order valence-electron chi connectivity index (χ3n) is 2.70. The largest absolute Gasteiger partial charge is 0.382 e. The van der Waals surface area contributed by atoms with Crippen LogP contribution in [0.25, 0.3) is 0 Å². The SMILES string of the molecule is Nc1cncc(NCCC2CCCCO2)n1. The van der Waals surface area contributed by atoms with Crippen molar-refractivity contribution in [3.8, 4) is 0 Å². The Hall–Kier alpha value is -1.36. The Morgan fingerprint density at radius 1 is 1.44 bits per heavy atom. The van der Waals surface area contributed by atoms with Crippen molar-refractivity contribution in [2.45, 2.75) is 31.8 Å². The Morgan fingerprint density at radius 2 is 2.38 bits per heavy atom. The van der Waals surface area contributed by atoms with Gasteiger partial charge in [0.15, 0.2) is 0 Å². The van der Waals surface area contributed by atoms with E-state index >= 15 is 0 Å². The predicted molar refractivity (Wildman–Crippen MR) is 63.1 cm³/mol. The lowest BCUT2D eigenvalue weighted by Crippen LogP contribution is -2.22. The highest BCUT2D eigenvalue weighted by Gasteiger charge is 2.12. The van der Waals surface area contributed by atoms with Gasteiger partial charge < -0.3 is 15.8 Å². The molecule has 0 spiro atoms. The molecule has 0 bridgehead atoms. The molecule has 16 heavy (non-hydrogen) atoms. The van der Waals surface area contributed by atoms with Crippen molar-refractivity contribution >= 4 is 11.6 Å². The number of nitrogens with one attached hydrogen (secondary N) is 1. The van der Waals surface area contributed by atoms with Crippen LogP contribution in [0.15, 0.2) is 12.4 Å². The van der Waals surface area contributed by atoms with Crippen LogP contribution in [-0.4, -0.2) is 29.2 Å². The number of rotatable bonds is 4. The molecule has 2 rings (SSSR count). The van der Waals surface area contributed by atoms with Gasteiger partial charge in [0.1, 0.15) is 11.6 Å². The maximum absolute atomic E-state index is 5.64. The molecule has 5 nitrogen and oxygen atoms in total. The first-order chi connectivity index (χ1) is 7.84. The molecule has 1 atom stereocenters. The van der Waals surface area contributed by atoms with E-state index in [0.717, 1.165) is 25.4 Å². The molecule has 1 aromatic heterocycles. The number of aromatic nitrogens is 2. The quantitative estimate of drug-likeness (QED) is 0.806. The molecule has 1 saturated heterocycles. The first-order valence-electron chi connectivity index (χ1n) is 5.77. The molecule has 0 aromatic carbocycles. The van der Waals surface area contributed by atoms with Gasteiger partial charge in [-0.15, -0.1) is 0 Å². The van der Waals surface area contributed by atoms with Crippen molar-refractivity contribution in [3.63, 3.8) is 0 Å². The van der Waals surface area contributed by atoms with Crippen LogP contribution in [0.4, 0.5) is 11.6 Å². The van der Waals surface area contributed by atoms with Crippen molar-refractivity contribution < 1.29 is 4.74 Å². The van der Waals surface area contributed by atoms with E-state index in [1.165, 1.54) is 25.5 Å². The van der Waals surface area contributed by atoms with E-state index < -0.39 is 0 Å². The van der Waals surface area contributed by atoms with Crippen LogP contribution in [0.2, 0.25) is 0 Å². The average molecular weight is 222 g/mol. The molecule has 1 aliphatic rings. The van der Waals surface area contributed by atoms with Gasteiger partial charge in [-0.1, -0.05) is 0 Å². The molecule has 5 heteroatoms. The lowest BCUT2D eigenvalue weighted by atomic mass is 10.1. The number of anilines is 2. The second-order valence-electron chi connectivity index (χ2n) is 4.03. The highest BCUT2D eigenvalue weighted by Crippen LogP contribution is 2.15. The fourth-order valence-electron chi connectivity index (χ4n) is 1.86. The third kappa shape index (κ3) is 3.34. The van der Waals surface area contributed by atoms with Crippen LogP contribution < -0.4 is 11.1 Å². The van der Waals surface area contributed by atoms with E-state index in [1.54, 1.807) is 6.20 Å². The number of hydrogen-bond acceptors (Lipinski definition) is 5. The standard InChI is InChI=1S/C11H18N4O/c12-10-7-13-8-11(15-10)14-5-4-9-3-1-2-6-16-9/h7-9H,1-6H2,(H3,12,14,15). The third-order valence-corrected chi connectivity index (χ3v) is 2.70. The van der Waals surface area contributed by atoms with E-state index in [-0.39, 0.29) is 0 Å². The van der Waals surface area contributed by atoms with E-state index in [0.29, 0.717) is 11.9 Å². The summed E-state index contributed by atoms with van der Waals surface area (Å²) in [7, 11) is 0. The van der Waals surface area contributed by atoms with E-state index in [1.807, 2.05) is 0 Å². The summed E-state index contributed by atoms with van der Waals surface area (Å²) in [5.74, 6) is 1.18. The van der Waals surface area contributed by atoms with Crippen molar-refractivity contribution in [2.24, 2.45) is 0 Å². The Bertz CT molecular complexity index is 326. The average Bonchev–Trinajstić information content (AvgIpc) is 2.30. The molecule has 2 heterocycles. The molecule has 1 aliphatic heterocycles. The van der Waals surface area contributed by atoms with Gasteiger partial charge in [0.25, 0.3) is 0 Å². The first kappa shape index (κ1) is 11.1. The predicted octanol–water partition coefficient (Wildman–Crippen LogP) is 1.43. The molecule has 0 saturated carbocycles. The highest BCUT2D eigenvalue weighted by atomic mass is 16.5. The van der Waals surface area contributed by atoms with Gasteiger partial charge in [-0.25, -0.2) is 4.98 Å². The number of nitrogens with two attached hydrogens (primary N) is 1. The molecule has 88 valence electrons. The number of hydrogen-bond donors (Lipinski definition) is 2. The van der Waals surface area contributed by atoms with E-state index in [9.17, 15) is 0 Å². The van der Waals surface area contributed by atoms with Gasteiger partial charge in [-0.2, -0.15) is 0 Å². The minimum absolute atomic E-state index is 0.398. The highest BCUT2D eigenvalue weighted by molar-refractivity contribution is 5.38. The Morgan fingerprint density at radius 3 is 3.12 bits per heavy atom. The van der Waals surface area contributed by atoms with Gasteiger partial charge in [-0.05, 0) is 25.7 Å². The zero-order valence-electron chi connectivity index (χ0n) is 9.35. The van der Waals surface area contributed by atoms with E-state index in [4.69, 9.17) is 10.5 Å². The normalized spacial score (nSPS) is 20.6. The molecular weight excluding hydrogens is 204 g/mol. The van der Waals surface area contributed by atoms with Crippen LogP contribution in [0, 0.1) is 0 Å². The molecule has 1 fully saturated rings. The van der Waals surface area contributed by atoms with Crippen LogP contribution in [0.3, 0.4) is 0 Å². The fourth-order valence-corrected chi connectivity index (χ4v) is 1.86. The van der Waals surface area contributed by atoms with Crippen LogP contribution in [0.5, 0.6) is 0 Å². The van der Waals surface area contributed by atoms with Crippen LogP contribution >= 0.6 is 0 Å². The minimum atomic E-state index is 0.398. The lowest BCUT2D eigenvalue weighted by molar-refractivity contribution is 0.0134. The second-order valence-corrected chi connectivity index (χ2v) is 4.03. The van der Waals surface area contributed by atoms with Gasteiger partial charge in [0.2, 0.25) is 0 Å². The maximum Gasteiger partial charge on any atom is 0.146 e. The summed E-state index contributed by atoms with van der Waals surface area (Å²) in [5.41, 5.74) is 5.53. The molecule has 0 aliphatic carbocycles. The van der Waals surface area contributed by atoms with Gasteiger partial charge in [0, 0.05) is 13.2 Å². The Kier molecular flexibility index (Phi) is 3.93. The minimum Gasteiger partial charge on any atom is -0.382 e. The Balaban J connectivity index is 1.71. The van der Waals surface area contributed by atoms with Gasteiger partial charge in [0.05, 0.1) is 18.5 Å². The zero-order valence-corrected chi connectivity index (χ0v) is 9.35. The molecule has 3 N–H and O–H groups in total. The Labute approximate surface area is 95.4 Å². The maximum atomic E-state index is 5.64. The molecule has 1 aromatic rings. The molecular formula is C11H18N4O. The van der Waals surface area contributed by atoms with Gasteiger partial charge in [-0.3, -0.25) is 4.98 Å². The van der Waals surface area contributed by atoms with Crippen molar-refractivity contribution in [1.29, 1.82) is 0 Å². The molecule has 1 unspecified atom stereocenters. The lowest BCUT2D eigenvalue weighted by Gasteiger charge is -2.22. The topological polar surface area (TPSA) is 73.1 Å². The molecule has 0 radical (unpaired) electrons. The van der Waals surface area contributed by atoms with Crippen LogP contribution in [-0.2, 0) is 4.74 Å². The summed E-state index contributed by atoms with van der Waals surface area (Å²) in [6, 6.07) is 0. The fraction of sp³-hybridized carbons (Fsp3) is 0.636. The van der Waals surface area contributed by atoms with Crippen molar-refractivity contribution in [1.82, 2.24) is 9.97 Å². The van der Waals surface area contributed by atoms with Gasteiger partial charge >= 0.3 is 0 Å². The summed E-state index contributed by atoms with van der Waals surface area (Å²) in [6.45, 7) is 1.76. The zero-order chi connectivity index (χ0) is 11.2. The summed E-state index contributed by atoms with van der Waals surface area (Å²) in [4.78, 5) is 8.09. The number of nitrogens with zero attached hydrogens (tertiary/aromatic N) is 2. The second kappa shape index (κ2) is 5.65. The van der Waals surface area contributed by atoms with Crippen molar-refractivity contribution in [3.05, 3.63) is 12.4 Å². The summed E-state index contributed by atoms with van der Waals surface area (Å²) >= 11 is 0. The van der Waals surface area contributed by atoms with E-state index in [2.05, 4.69) is 15.3 Å². The summed E-state index contributed by atoms with van der Waals surface area (Å²) < 4.78 is 5.64. The summed E-state index contributed by atoms with van der Waals surface area (Å²) in [5, 5.41) is 3.20. The smallest absolute Gasteiger partial charge is 0.146 e. The van der Waals surface area contributed by atoms with Crippen LogP contribution in [0.1, 0.15) is 25.7 Å². The monoisotopic (exact) mass is 222 g/mol. The number of nitrogen functional groups attached to an aromatic ring is 1. The number of ether oxygens (including phenoxy) is 1. The van der Waals surface area contributed by atoms with Crippen molar-refractivity contribution in [2.75, 3.05) is 24.2 Å². The first-order valence-corrected chi connectivity index (χ1v) is 5.77. The summed E-state index contributed by atoms with van der Waals surface area (Å²) in [6.07, 6.45) is 8.28. The molecule has 0 amide bonds.